The summed E-state index contributed by atoms with van der Waals surface area (Å²) in [5.74, 6) is 0.454. The molecule has 140 valence electrons. The van der Waals surface area contributed by atoms with Crippen LogP contribution in [0, 0.1) is 11.3 Å². The van der Waals surface area contributed by atoms with Gasteiger partial charge in [0.15, 0.2) is 0 Å². The third-order valence-electron chi connectivity index (χ3n) is 5.55. The molecule has 1 aliphatic carbocycles. The van der Waals surface area contributed by atoms with Crippen molar-refractivity contribution in [1.82, 2.24) is 9.80 Å². The van der Waals surface area contributed by atoms with E-state index in [0.29, 0.717) is 25.0 Å². The lowest BCUT2D eigenvalue weighted by atomic mass is 9.70. The first-order valence-electron chi connectivity index (χ1n) is 8.65. The first-order chi connectivity index (χ1) is 11.1. The lowest BCUT2D eigenvalue weighted by Gasteiger charge is -2.44. The first-order valence-corrected chi connectivity index (χ1v) is 10.5. The molecule has 0 aromatic rings. The predicted octanol–water partition coefficient (Wildman–Crippen LogP) is 1.84. The number of rotatable bonds is 5. The smallest absolute Gasteiger partial charge is 0.407 e. The molecule has 8 heteroatoms. The summed E-state index contributed by atoms with van der Waals surface area (Å²) >= 11 is 0. The van der Waals surface area contributed by atoms with E-state index in [2.05, 4.69) is 18.7 Å². The van der Waals surface area contributed by atoms with Crippen molar-refractivity contribution in [1.29, 1.82) is 0 Å². The molecule has 2 aliphatic rings. The minimum Gasteiger partial charge on any atom is -0.465 e. The number of piperazine rings is 1. The standard InChI is InChI=1S/C16H30N2O5S/c1-16(2,12-23-24(3,21)22)13-4-6-14(7-5-13)17-8-10-18(11-9-17)15(19)20/h13-14H,4-12H2,1-3H3,(H,19,20). The third kappa shape index (κ3) is 5.32. The van der Waals surface area contributed by atoms with Crippen molar-refractivity contribution in [3.05, 3.63) is 0 Å². The van der Waals surface area contributed by atoms with Gasteiger partial charge in [-0.05, 0) is 37.0 Å². The minimum absolute atomic E-state index is 0.157. The Balaban J connectivity index is 1.80. The molecule has 1 amide bonds. The number of hydrogen-bond acceptors (Lipinski definition) is 5. The Morgan fingerprint density at radius 2 is 1.67 bits per heavy atom. The Labute approximate surface area is 145 Å². The minimum atomic E-state index is -3.40. The van der Waals surface area contributed by atoms with E-state index in [1.165, 1.54) is 4.90 Å². The van der Waals surface area contributed by atoms with Gasteiger partial charge in [0.05, 0.1) is 12.9 Å². The molecule has 0 aromatic heterocycles. The number of hydrogen-bond donors (Lipinski definition) is 1. The summed E-state index contributed by atoms with van der Waals surface area (Å²) in [6, 6.07) is 0.517. The van der Waals surface area contributed by atoms with Gasteiger partial charge in [0.1, 0.15) is 0 Å². The molecule has 24 heavy (non-hydrogen) atoms. The van der Waals surface area contributed by atoms with Crippen LogP contribution in [0.3, 0.4) is 0 Å². The maximum atomic E-state index is 11.2. The van der Waals surface area contributed by atoms with Gasteiger partial charge in [0.2, 0.25) is 0 Å². The van der Waals surface area contributed by atoms with E-state index < -0.39 is 16.2 Å². The second-order valence-corrected chi connectivity index (χ2v) is 9.41. The molecular weight excluding hydrogens is 332 g/mol. The molecule has 0 radical (unpaired) electrons. The Morgan fingerprint density at radius 3 is 2.12 bits per heavy atom. The summed E-state index contributed by atoms with van der Waals surface area (Å²) in [5.41, 5.74) is -0.157. The Morgan fingerprint density at radius 1 is 1.12 bits per heavy atom. The van der Waals surface area contributed by atoms with Crippen LogP contribution in [-0.2, 0) is 14.3 Å². The van der Waals surface area contributed by atoms with Gasteiger partial charge < -0.3 is 10.0 Å². The number of nitrogens with zero attached hydrogens (tertiary/aromatic N) is 2. The Hall–Kier alpha value is -0.860. The average molecular weight is 362 g/mol. The maximum absolute atomic E-state index is 11.2. The summed E-state index contributed by atoms with van der Waals surface area (Å²) in [4.78, 5) is 14.9. The normalized spacial score (nSPS) is 27.2. The van der Waals surface area contributed by atoms with Crippen molar-refractivity contribution in [2.24, 2.45) is 11.3 Å². The van der Waals surface area contributed by atoms with Crippen LogP contribution in [0.2, 0.25) is 0 Å². The molecule has 1 N–H and O–H groups in total. The fourth-order valence-electron chi connectivity index (χ4n) is 3.88. The van der Waals surface area contributed by atoms with E-state index >= 15 is 0 Å². The van der Waals surface area contributed by atoms with Gasteiger partial charge in [-0.25, -0.2) is 4.79 Å². The van der Waals surface area contributed by atoms with Crippen molar-refractivity contribution < 1.29 is 22.5 Å². The molecule has 2 rings (SSSR count). The molecule has 1 heterocycles. The fraction of sp³-hybridized carbons (Fsp3) is 0.938. The largest absolute Gasteiger partial charge is 0.465 e. The summed E-state index contributed by atoms with van der Waals surface area (Å²) in [5, 5.41) is 9.02. The lowest BCUT2D eigenvalue weighted by Crippen LogP contribution is -2.52. The second kappa shape index (κ2) is 7.58. The van der Waals surface area contributed by atoms with Gasteiger partial charge in [-0.3, -0.25) is 9.08 Å². The van der Waals surface area contributed by atoms with Crippen LogP contribution in [0.1, 0.15) is 39.5 Å². The van der Waals surface area contributed by atoms with Crippen molar-refractivity contribution in [3.8, 4) is 0 Å². The zero-order chi connectivity index (χ0) is 18.0. The number of amides is 1. The first kappa shape index (κ1) is 19.5. The topological polar surface area (TPSA) is 87.2 Å². The van der Waals surface area contributed by atoms with Gasteiger partial charge in [-0.15, -0.1) is 0 Å². The van der Waals surface area contributed by atoms with Crippen LogP contribution < -0.4 is 0 Å². The van der Waals surface area contributed by atoms with E-state index in [1.807, 2.05) is 0 Å². The molecule has 2 fully saturated rings. The van der Waals surface area contributed by atoms with Crippen LogP contribution in [0.25, 0.3) is 0 Å². The van der Waals surface area contributed by atoms with E-state index in [1.54, 1.807) is 0 Å². The van der Waals surface area contributed by atoms with Crippen LogP contribution in [-0.4, -0.2) is 74.5 Å². The second-order valence-electron chi connectivity index (χ2n) is 7.77. The van der Waals surface area contributed by atoms with E-state index in [-0.39, 0.29) is 12.0 Å². The van der Waals surface area contributed by atoms with Crippen molar-refractivity contribution in [3.63, 3.8) is 0 Å². The molecule has 1 saturated heterocycles. The molecule has 7 nitrogen and oxygen atoms in total. The summed E-state index contributed by atoms with van der Waals surface area (Å²) in [6.07, 6.45) is 4.55. The summed E-state index contributed by atoms with van der Waals surface area (Å²) < 4.78 is 27.5. The van der Waals surface area contributed by atoms with Crippen molar-refractivity contribution >= 4 is 16.2 Å². The fourth-order valence-corrected chi connectivity index (χ4v) is 4.40. The Bertz CT molecular complexity index is 533. The van der Waals surface area contributed by atoms with Crippen LogP contribution >= 0.6 is 0 Å². The molecule has 0 unspecified atom stereocenters. The van der Waals surface area contributed by atoms with Gasteiger partial charge in [0, 0.05) is 32.2 Å². The van der Waals surface area contributed by atoms with Gasteiger partial charge in [0.25, 0.3) is 10.1 Å². The zero-order valence-electron chi connectivity index (χ0n) is 14.9. The maximum Gasteiger partial charge on any atom is 0.407 e. The average Bonchev–Trinajstić information content (AvgIpc) is 2.53. The van der Waals surface area contributed by atoms with Crippen LogP contribution in [0.4, 0.5) is 4.79 Å². The zero-order valence-corrected chi connectivity index (χ0v) is 15.7. The quantitative estimate of drug-likeness (QED) is 0.751. The number of carbonyl (C=O) groups is 1. The highest BCUT2D eigenvalue weighted by molar-refractivity contribution is 7.85. The third-order valence-corrected chi connectivity index (χ3v) is 6.09. The molecular formula is C16H30N2O5S. The van der Waals surface area contributed by atoms with E-state index in [9.17, 15) is 13.2 Å². The van der Waals surface area contributed by atoms with Crippen LogP contribution in [0.5, 0.6) is 0 Å². The highest BCUT2D eigenvalue weighted by Gasteiger charge is 2.36. The van der Waals surface area contributed by atoms with E-state index in [4.69, 9.17) is 9.29 Å². The van der Waals surface area contributed by atoms with Crippen LogP contribution in [0.15, 0.2) is 0 Å². The predicted molar refractivity (Wildman–Crippen MR) is 91.5 cm³/mol. The molecule has 0 atom stereocenters. The van der Waals surface area contributed by atoms with E-state index in [0.717, 1.165) is 45.0 Å². The SMILES string of the molecule is CC(C)(COS(C)(=O)=O)C1CCC(N2CCN(C(=O)O)CC2)CC1. The molecule has 0 aromatic carbocycles. The number of carboxylic acid groups (broad SMARTS) is 1. The summed E-state index contributed by atoms with van der Waals surface area (Å²) in [7, 11) is -3.40. The Kier molecular flexibility index (Phi) is 6.14. The van der Waals surface area contributed by atoms with Gasteiger partial charge in [-0.2, -0.15) is 8.42 Å². The van der Waals surface area contributed by atoms with Crippen molar-refractivity contribution in [2.45, 2.75) is 45.6 Å². The lowest BCUT2D eigenvalue weighted by molar-refractivity contribution is 0.0369. The highest BCUT2D eigenvalue weighted by atomic mass is 32.2. The molecule has 0 bridgehead atoms. The highest BCUT2D eigenvalue weighted by Crippen LogP contribution is 2.40. The van der Waals surface area contributed by atoms with Crippen molar-refractivity contribution in [2.75, 3.05) is 39.0 Å². The van der Waals surface area contributed by atoms with Gasteiger partial charge >= 0.3 is 6.09 Å². The molecule has 1 aliphatic heterocycles. The summed E-state index contributed by atoms with van der Waals surface area (Å²) in [6.45, 7) is 7.18. The molecule has 1 saturated carbocycles. The monoisotopic (exact) mass is 362 g/mol. The van der Waals surface area contributed by atoms with Gasteiger partial charge in [-0.1, -0.05) is 13.8 Å². The molecule has 0 spiro atoms.